The molecule has 0 aliphatic heterocycles. The van der Waals surface area contributed by atoms with Gasteiger partial charge >= 0.3 is 5.97 Å². The van der Waals surface area contributed by atoms with Gasteiger partial charge in [-0.15, -0.1) is 0 Å². The first-order valence-electron chi connectivity index (χ1n) is 7.67. The molecule has 5 nitrogen and oxygen atoms in total. The Kier molecular flexibility index (Phi) is 11.4. The highest BCUT2D eigenvalue weighted by atomic mass is 35.5. The fraction of sp³-hybridized carbons (Fsp3) is 0.235. The predicted octanol–water partition coefficient (Wildman–Crippen LogP) is 5.89. The largest absolute Gasteiger partial charge is 0.508 e. The minimum Gasteiger partial charge on any atom is -0.508 e. The lowest BCUT2D eigenvalue weighted by molar-refractivity contribution is -0.145. The highest BCUT2D eigenvalue weighted by Gasteiger charge is 2.14. The second-order valence-electron chi connectivity index (χ2n) is 5.27. The van der Waals surface area contributed by atoms with Crippen LogP contribution in [0, 0.1) is 0 Å². The van der Waals surface area contributed by atoms with E-state index in [2.05, 4.69) is 5.09 Å². The van der Waals surface area contributed by atoms with E-state index in [1.54, 1.807) is 44.2 Å². The predicted molar refractivity (Wildman–Crippen MR) is 114 cm³/mol. The van der Waals surface area contributed by atoms with Crippen molar-refractivity contribution in [1.82, 2.24) is 5.09 Å². The molecule has 0 aliphatic rings. The van der Waals surface area contributed by atoms with Gasteiger partial charge < -0.3 is 14.7 Å². The number of carbonyl (C=O) groups excluding carboxylic acids is 1. The van der Waals surface area contributed by atoms with Gasteiger partial charge in [-0.05, 0) is 38.1 Å². The average Bonchev–Trinajstić information content (AvgIpc) is 2.58. The van der Waals surface area contributed by atoms with E-state index in [1.165, 1.54) is 6.07 Å². The molecule has 3 N–H and O–H groups in total. The summed E-state index contributed by atoms with van der Waals surface area (Å²) < 4.78 is 4.93. The minimum atomic E-state index is -1.67. The maximum absolute atomic E-state index is 11.3. The van der Waals surface area contributed by atoms with Gasteiger partial charge in [-0.3, -0.25) is 9.88 Å². The lowest BCUT2D eigenvalue weighted by atomic mass is 10.3. The van der Waals surface area contributed by atoms with Crippen molar-refractivity contribution in [2.75, 3.05) is 6.54 Å². The maximum atomic E-state index is 11.3. The molecule has 0 saturated heterocycles. The van der Waals surface area contributed by atoms with E-state index in [4.69, 9.17) is 44.6 Å². The molecule has 0 bridgehead atoms. The van der Waals surface area contributed by atoms with Gasteiger partial charge in [0.25, 0.3) is 0 Å². The Labute approximate surface area is 178 Å². The van der Waals surface area contributed by atoms with Gasteiger partial charge in [0, 0.05) is 4.90 Å². The number of carbonyl (C=O) groups is 1. The van der Waals surface area contributed by atoms with Crippen molar-refractivity contribution in [2.45, 2.75) is 24.8 Å². The van der Waals surface area contributed by atoms with Gasteiger partial charge in [-0.1, -0.05) is 64.4 Å². The summed E-state index contributed by atoms with van der Waals surface area (Å²) in [6, 6.07) is 11.8. The van der Waals surface area contributed by atoms with E-state index in [0.717, 1.165) is 11.4 Å². The van der Waals surface area contributed by atoms with E-state index >= 15 is 0 Å². The molecule has 1 atom stereocenters. The van der Waals surface area contributed by atoms with Crippen LogP contribution in [0.5, 0.6) is 5.75 Å². The number of rotatable bonds is 6. The van der Waals surface area contributed by atoms with Gasteiger partial charge in [0.2, 0.25) is 0 Å². The van der Waals surface area contributed by atoms with Crippen molar-refractivity contribution < 1.29 is 19.5 Å². The smallest absolute Gasteiger partial charge is 0.320 e. The van der Waals surface area contributed by atoms with Crippen molar-refractivity contribution in [2.24, 2.45) is 0 Å². The lowest BCUT2D eigenvalue weighted by Gasteiger charge is -2.13. The molecular formula is C17H19Cl3NO4PS. The summed E-state index contributed by atoms with van der Waals surface area (Å²) in [4.78, 5) is 21.7. The molecule has 10 heteroatoms. The molecule has 2 rings (SSSR count). The van der Waals surface area contributed by atoms with Crippen LogP contribution in [-0.2, 0) is 9.53 Å². The summed E-state index contributed by atoms with van der Waals surface area (Å²) in [6.45, 7) is 3.43. The van der Waals surface area contributed by atoms with E-state index < -0.39 is 13.5 Å². The van der Waals surface area contributed by atoms with Crippen molar-refractivity contribution in [3.05, 3.63) is 57.5 Å². The summed E-state index contributed by atoms with van der Waals surface area (Å²) in [7, 11) is -1.67. The summed E-state index contributed by atoms with van der Waals surface area (Å²) in [5.41, 5.74) is 0. The Balaban J connectivity index is 0.000000433. The SMILES string of the molecule is CC(C)OC(=O)CNP(O)Sc1cc(Cl)c(Cl)cc1Cl.Oc1ccccc1. The van der Waals surface area contributed by atoms with Gasteiger partial charge in [-0.25, -0.2) is 0 Å². The molecule has 0 heterocycles. The first-order chi connectivity index (χ1) is 12.7. The average molecular weight is 471 g/mol. The number of hydrogen-bond acceptors (Lipinski definition) is 6. The molecule has 0 fully saturated rings. The van der Waals surface area contributed by atoms with E-state index in [9.17, 15) is 9.69 Å². The van der Waals surface area contributed by atoms with E-state index in [-0.39, 0.29) is 12.6 Å². The third-order valence-electron chi connectivity index (χ3n) is 2.64. The van der Waals surface area contributed by atoms with Crippen LogP contribution in [0.3, 0.4) is 0 Å². The first kappa shape index (κ1) is 24.3. The number of esters is 1. The number of para-hydroxylation sites is 1. The fourth-order valence-corrected chi connectivity index (χ4v) is 4.68. The number of hydrogen-bond donors (Lipinski definition) is 3. The second kappa shape index (κ2) is 12.7. The molecule has 1 unspecified atom stereocenters. The molecule has 0 saturated carbocycles. The molecule has 0 amide bonds. The van der Waals surface area contributed by atoms with Crippen LogP contribution < -0.4 is 5.09 Å². The summed E-state index contributed by atoms with van der Waals surface area (Å²) in [5.74, 6) is -0.107. The molecule has 2 aromatic rings. The molecule has 0 radical (unpaired) electrons. The Morgan fingerprint density at radius 3 is 2.26 bits per heavy atom. The van der Waals surface area contributed by atoms with Gasteiger partial charge in [0.1, 0.15) is 5.75 Å². The van der Waals surface area contributed by atoms with Crippen molar-refractivity contribution in [3.63, 3.8) is 0 Å². The summed E-state index contributed by atoms with van der Waals surface area (Å²) >= 11 is 18.8. The monoisotopic (exact) mass is 469 g/mol. The Morgan fingerprint density at radius 1 is 1.15 bits per heavy atom. The number of benzene rings is 2. The van der Waals surface area contributed by atoms with Crippen LogP contribution in [0.4, 0.5) is 0 Å². The molecule has 27 heavy (non-hydrogen) atoms. The molecule has 0 aromatic heterocycles. The Morgan fingerprint density at radius 2 is 1.74 bits per heavy atom. The normalized spacial score (nSPS) is 11.5. The van der Waals surface area contributed by atoms with Crippen LogP contribution in [-0.4, -0.2) is 28.6 Å². The van der Waals surface area contributed by atoms with E-state index in [1.807, 2.05) is 6.07 Å². The Hall–Kier alpha value is -0.720. The zero-order valence-corrected chi connectivity index (χ0v) is 18.5. The summed E-state index contributed by atoms with van der Waals surface area (Å²) in [5, 5.41) is 12.4. The molecular weight excluding hydrogens is 452 g/mol. The number of aromatic hydroxyl groups is 1. The zero-order chi connectivity index (χ0) is 20.4. The lowest BCUT2D eigenvalue weighted by Crippen LogP contribution is -2.22. The van der Waals surface area contributed by atoms with Gasteiger partial charge in [0.15, 0.2) is 7.50 Å². The van der Waals surface area contributed by atoms with Crippen molar-refractivity contribution >= 4 is 59.7 Å². The number of phenolic OH excluding ortho intramolecular Hbond substituents is 1. The number of halogens is 3. The number of phenols is 1. The zero-order valence-electron chi connectivity index (χ0n) is 14.5. The van der Waals surface area contributed by atoms with Crippen molar-refractivity contribution in [3.8, 4) is 5.75 Å². The highest BCUT2D eigenvalue weighted by molar-refractivity contribution is 8.53. The fourth-order valence-electron chi connectivity index (χ4n) is 1.56. The van der Waals surface area contributed by atoms with Crippen LogP contribution >= 0.6 is 53.7 Å². The van der Waals surface area contributed by atoms with Crippen LogP contribution in [0.15, 0.2) is 47.4 Å². The topological polar surface area (TPSA) is 78.8 Å². The molecule has 2 aromatic carbocycles. The number of nitrogens with one attached hydrogen (secondary N) is 1. The molecule has 148 valence electrons. The summed E-state index contributed by atoms with van der Waals surface area (Å²) in [6.07, 6.45) is -0.189. The quantitative estimate of drug-likeness (QED) is 0.277. The van der Waals surface area contributed by atoms with Crippen LogP contribution in [0.2, 0.25) is 15.1 Å². The minimum absolute atomic E-state index is 0.0771. The first-order valence-corrected chi connectivity index (χ1v) is 11.5. The highest BCUT2D eigenvalue weighted by Crippen LogP contribution is 2.50. The maximum Gasteiger partial charge on any atom is 0.320 e. The number of ether oxygens (including phenoxy) is 1. The van der Waals surface area contributed by atoms with E-state index in [0.29, 0.717) is 25.7 Å². The third-order valence-corrected chi connectivity index (χ3v) is 6.42. The Bertz CT molecular complexity index is 738. The van der Waals surface area contributed by atoms with Gasteiger partial charge in [-0.2, -0.15) is 0 Å². The second-order valence-corrected chi connectivity index (χ2v) is 9.56. The third kappa shape index (κ3) is 10.4. The van der Waals surface area contributed by atoms with Crippen LogP contribution in [0.1, 0.15) is 13.8 Å². The standard InChI is InChI=1S/C11H13Cl3NO3PS.C6H6O/c1-6(2)18-11(16)5-15-19(17)20-10-4-8(13)7(12)3-9(10)14;7-6-4-2-1-3-5-6/h3-4,6,15,17H,5H2,1-2H3;1-5,7H. The van der Waals surface area contributed by atoms with Gasteiger partial charge in [0.05, 0.1) is 27.7 Å². The molecule has 0 spiro atoms. The molecule has 0 aliphatic carbocycles. The van der Waals surface area contributed by atoms with Crippen molar-refractivity contribution in [1.29, 1.82) is 0 Å². The van der Waals surface area contributed by atoms with Crippen LogP contribution in [0.25, 0.3) is 0 Å².